The van der Waals surface area contributed by atoms with Crippen molar-refractivity contribution < 1.29 is 8.42 Å². The van der Waals surface area contributed by atoms with Gasteiger partial charge in [-0.2, -0.15) is 0 Å². The maximum absolute atomic E-state index is 11.1. The van der Waals surface area contributed by atoms with E-state index in [0.29, 0.717) is 16.2 Å². The van der Waals surface area contributed by atoms with Gasteiger partial charge in [0.05, 0.1) is 0 Å². The summed E-state index contributed by atoms with van der Waals surface area (Å²) in [6.07, 6.45) is 1.29. The lowest BCUT2D eigenvalue weighted by molar-refractivity contribution is 0.598. The number of hydrogen-bond acceptors (Lipinski definition) is 3. The van der Waals surface area contributed by atoms with Gasteiger partial charge >= 0.3 is 0 Å². The molecular formula is C7H6ClN3O2S. The number of nitrogens with one attached hydrogen (secondary N) is 1. The largest absolute Gasteiger partial charge is 0.345 e. The zero-order valence-corrected chi connectivity index (χ0v) is 8.43. The molecule has 2 aromatic rings. The van der Waals surface area contributed by atoms with E-state index in [4.69, 9.17) is 16.7 Å². The third-order valence-electron chi connectivity index (χ3n) is 1.77. The second-order valence-electron chi connectivity index (χ2n) is 2.73. The fraction of sp³-hybridized carbons (Fsp3) is 0. The lowest BCUT2D eigenvalue weighted by atomic mass is 10.3. The van der Waals surface area contributed by atoms with E-state index in [-0.39, 0.29) is 4.90 Å². The first-order chi connectivity index (χ1) is 6.48. The summed E-state index contributed by atoms with van der Waals surface area (Å²) in [6.45, 7) is 0. The fourth-order valence-electron chi connectivity index (χ4n) is 1.19. The standard InChI is InChI=1S/C7H6ClN3O2S/c8-6-2-1-4-5(14(9,12)13)3-10-7(4)11-6/h1-3H,(H,10,11)(H2,9,12,13). The highest BCUT2D eigenvalue weighted by molar-refractivity contribution is 7.89. The molecule has 0 fully saturated rings. The van der Waals surface area contributed by atoms with Gasteiger partial charge in [-0.1, -0.05) is 11.6 Å². The van der Waals surface area contributed by atoms with Gasteiger partial charge in [-0.05, 0) is 12.1 Å². The number of fused-ring (bicyclic) bond motifs is 1. The number of hydrogen-bond donors (Lipinski definition) is 2. The van der Waals surface area contributed by atoms with Crippen molar-refractivity contribution in [3.05, 3.63) is 23.5 Å². The van der Waals surface area contributed by atoms with Crippen LogP contribution in [0.5, 0.6) is 0 Å². The Morgan fingerprint density at radius 1 is 1.43 bits per heavy atom. The average molecular weight is 232 g/mol. The molecule has 0 atom stereocenters. The van der Waals surface area contributed by atoms with Gasteiger partial charge in [0.15, 0.2) is 0 Å². The number of nitrogens with two attached hydrogens (primary N) is 1. The average Bonchev–Trinajstić information content (AvgIpc) is 2.45. The highest BCUT2D eigenvalue weighted by Crippen LogP contribution is 2.21. The first-order valence-electron chi connectivity index (χ1n) is 3.65. The van der Waals surface area contributed by atoms with E-state index in [1.807, 2.05) is 0 Å². The molecule has 2 rings (SSSR count). The molecule has 0 radical (unpaired) electrons. The van der Waals surface area contributed by atoms with Crippen molar-refractivity contribution in [1.82, 2.24) is 9.97 Å². The smallest absolute Gasteiger partial charge is 0.240 e. The Kier molecular flexibility index (Phi) is 1.99. The predicted octanol–water partition coefficient (Wildman–Crippen LogP) is 0.864. The lowest BCUT2D eigenvalue weighted by Crippen LogP contribution is -2.11. The minimum Gasteiger partial charge on any atom is -0.345 e. The molecule has 0 unspecified atom stereocenters. The Labute approximate surface area is 84.9 Å². The van der Waals surface area contributed by atoms with Crippen LogP contribution in [0.25, 0.3) is 11.0 Å². The van der Waals surface area contributed by atoms with Crippen LogP contribution < -0.4 is 5.14 Å². The molecule has 0 spiro atoms. The number of nitrogens with zero attached hydrogens (tertiary/aromatic N) is 1. The number of H-pyrrole nitrogens is 1. The van der Waals surface area contributed by atoms with Crippen molar-refractivity contribution in [2.45, 2.75) is 4.90 Å². The summed E-state index contributed by atoms with van der Waals surface area (Å²) in [5, 5.41) is 5.73. The van der Waals surface area contributed by atoms with Crippen LogP contribution >= 0.6 is 11.6 Å². The third kappa shape index (κ3) is 1.47. The molecule has 0 aliphatic rings. The summed E-state index contributed by atoms with van der Waals surface area (Å²) in [7, 11) is -3.71. The molecule has 74 valence electrons. The molecule has 0 saturated heterocycles. The van der Waals surface area contributed by atoms with Crippen molar-refractivity contribution in [1.29, 1.82) is 0 Å². The normalized spacial score (nSPS) is 12.1. The molecule has 5 nitrogen and oxygen atoms in total. The fourth-order valence-corrected chi connectivity index (χ4v) is 2.03. The van der Waals surface area contributed by atoms with Crippen molar-refractivity contribution in [2.75, 3.05) is 0 Å². The second kappa shape index (κ2) is 2.94. The van der Waals surface area contributed by atoms with E-state index < -0.39 is 10.0 Å². The number of primary sulfonamides is 1. The van der Waals surface area contributed by atoms with Crippen molar-refractivity contribution in [3.63, 3.8) is 0 Å². The highest BCUT2D eigenvalue weighted by Gasteiger charge is 2.14. The predicted molar refractivity (Wildman–Crippen MR) is 52.5 cm³/mol. The number of halogens is 1. The molecule has 0 aliphatic heterocycles. The third-order valence-corrected chi connectivity index (χ3v) is 2.93. The van der Waals surface area contributed by atoms with Gasteiger partial charge in [-0.25, -0.2) is 18.5 Å². The van der Waals surface area contributed by atoms with E-state index >= 15 is 0 Å². The molecule has 0 amide bonds. The minimum atomic E-state index is -3.71. The zero-order valence-electron chi connectivity index (χ0n) is 6.86. The van der Waals surface area contributed by atoms with Crippen LogP contribution in [0.15, 0.2) is 23.2 Å². The summed E-state index contributed by atoms with van der Waals surface area (Å²) in [6, 6.07) is 3.06. The molecule has 14 heavy (non-hydrogen) atoms. The van der Waals surface area contributed by atoms with E-state index in [9.17, 15) is 8.42 Å². The van der Waals surface area contributed by atoms with Crippen LogP contribution in [-0.2, 0) is 10.0 Å². The quantitative estimate of drug-likeness (QED) is 0.714. The Bertz CT molecular complexity index is 590. The van der Waals surface area contributed by atoms with Crippen molar-refractivity contribution in [2.24, 2.45) is 5.14 Å². The molecule has 0 aromatic carbocycles. The minimum absolute atomic E-state index is 0.0247. The number of sulfonamides is 1. The van der Waals surface area contributed by atoms with E-state index in [2.05, 4.69) is 9.97 Å². The Hall–Kier alpha value is -1.11. The number of rotatable bonds is 1. The maximum Gasteiger partial charge on any atom is 0.240 e. The summed E-state index contributed by atoms with van der Waals surface area (Å²) < 4.78 is 22.2. The molecule has 3 N–H and O–H groups in total. The van der Waals surface area contributed by atoms with Crippen LogP contribution in [0.3, 0.4) is 0 Å². The first kappa shape index (κ1) is 9.45. The summed E-state index contributed by atoms with van der Waals surface area (Å²) in [4.78, 5) is 6.61. The molecule has 0 bridgehead atoms. The number of aromatic nitrogens is 2. The van der Waals surface area contributed by atoms with Crippen LogP contribution in [0.2, 0.25) is 5.15 Å². The van der Waals surface area contributed by atoms with Crippen LogP contribution in [-0.4, -0.2) is 18.4 Å². The molecular weight excluding hydrogens is 226 g/mol. The van der Waals surface area contributed by atoms with Gasteiger partial charge in [-0.3, -0.25) is 0 Å². The molecule has 0 saturated carbocycles. The Morgan fingerprint density at radius 2 is 2.14 bits per heavy atom. The van der Waals surface area contributed by atoms with Gasteiger partial charge in [0.1, 0.15) is 15.7 Å². The topological polar surface area (TPSA) is 88.8 Å². The summed E-state index contributed by atoms with van der Waals surface area (Å²) in [5.41, 5.74) is 0.404. The van der Waals surface area contributed by atoms with Crippen LogP contribution in [0, 0.1) is 0 Å². The lowest BCUT2D eigenvalue weighted by Gasteiger charge is -1.94. The molecule has 0 aliphatic carbocycles. The molecule has 2 aromatic heterocycles. The monoisotopic (exact) mass is 231 g/mol. The molecule has 7 heteroatoms. The highest BCUT2D eigenvalue weighted by atomic mass is 35.5. The van der Waals surface area contributed by atoms with Crippen molar-refractivity contribution in [3.8, 4) is 0 Å². The number of aromatic amines is 1. The van der Waals surface area contributed by atoms with Gasteiger partial charge in [-0.15, -0.1) is 0 Å². The van der Waals surface area contributed by atoms with Crippen LogP contribution in [0.1, 0.15) is 0 Å². The van der Waals surface area contributed by atoms with Crippen molar-refractivity contribution >= 4 is 32.7 Å². The maximum atomic E-state index is 11.1. The second-order valence-corrected chi connectivity index (χ2v) is 4.65. The van der Waals surface area contributed by atoms with Crippen LogP contribution in [0.4, 0.5) is 0 Å². The number of pyridine rings is 1. The van der Waals surface area contributed by atoms with Gasteiger partial charge in [0, 0.05) is 11.6 Å². The molecule has 2 heterocycles. The van der Waals surface area contributed by atoms with Gasteiger partial charge in [0.25, 0.3) is 0 Å². The Balaban J connectivity index is 2.83. The Morgan fingerprint density at radius 3 is 2.79 bits per heavy atom. The van der Waals surface area contributed by atoms with E-state index in [1.54, 1.807) is 6.07 Å². The van der Waals surface area contributed by atoms with Gasteiger partial charge < -0.3 is 4.98 Å². The van der Waals surface area contributed by atoms with E-state index in [0.717, 1.165) is 0 Å². The zero-order chi connectivity index (χ0) is 10.3. The summed E-state index contributed by atoms with van der Waals surface area (Å²) >= 11 is 5.63. The first-order valence-corrected chi connectivity index (χ1v) is 5.57. The van der Waals surface area contributed by atoms with Gasteiger partial charge in [0.2, 0.25) is 10.0 Å². The summed E-state index contributed by atoms with van der Waals surface area (Å²) in [5.74, 6) is 0. The SMILES string of the molecule is NS(=O)(=O)c1c[nH]c2nc(Cl)ccc12. The van der Waals surface area contributed by atoms with E-state index in [1.165, 1.54) is 12.3 Å².